The van der Waals surface area contributed by atoms with E-state index >= 15 is 0 Å². The van der Waals surface area contributed by atoms with E-state index in [4.69, 9.17) is 14.6 Å². The standard InChI is InChI=1S/C14H20N2O5S/c1-9(12-4-3-7-21-12)16-14(17)11-8-10(22(15,18)19)5-6-13(11)20-2/h5-6,8-9,12H,3-4,7H2,1-2H3,(H,16,17)(H2,15,18,19)/t9-,12-/m0/s1. The Kier molecular flexibility index (Phi) is 5.05. The molecule has 2 rings (SSSR count). The number of ether oxygens (including phenoxy) is 2. The quantitative estimate of drug-likeness (QED) is 0.824. The molecule has 1 amide bonds. The summed E-state index contributed by atoms with van der Waals surface area (Å²) in [6.07, 6.45) is 1.82. The van der Waals surface area contributed by atoms with E-state index in [9.17, 15) is 13.2 Å². The van der Waals surface area contributed by atoms with Crippen molar-refractivity contribution >= 4 is 15.9 Å². The summed E-state index contributed by atoms with van der Waals surface area (Å²) in [5.41, 5.74) is 0.124. The number of nitrogens with two attached hydrogens (primary N) is 1. The predicted molar refractivity (Wildman–Crippen MR) is 80.3 cm³/mol. The highest BCUT2D eigenvalue weighted by Gasteiger charge is 2.25. The molecular formula is C14H20N2O5S. The number of carbonyl (C=O) groups excluding carboxylic acids is 1. The largest absolute Gasteiger partial charge is 0.496 e. The van der Waals surface area contributed by atoms with E-state index in [2.05, 4.69) is 5.32 Å². The van der Waals surface area contributed by atoms with Gasteiger partial charge in [0.25, 0.3) is 5.91 Å². The Bertz CT molecular complexity index is 653. The second-order valence-corrected chi connectivity index (χ2v) is 6.78. The van der Waals surface area contributed by atoms with Gasteiger partial charge in [0.2, 0.25) is 10.0 Å². The molecule has 1 heterocycles. The average Bonchev–Trinajstić information content (AvgIpc) is 2.99. The molecule has 1 aromatic rings. The molecule has 1 aromatic carbocycles. The maximum atomic E-state index is 12.4. The molecule has 0 spiro atoms. The third-order valence-corrected chi connectivity index (χ3v) is 4.54. The van der Waals surface area contributed by atoms with Crippen LogP contribution >= 0.6 is 0 Å². The molecule has 1 saturated heterocycles. The monoisotopic (exact) mass is 328 g/mol. The van der Waals surface area contributed by atoms with Crippen LogP contribution in [0.25, 0.3) is 0 Å². The number of methoxy groups -OCH3 is 1. The molecule has 0 radical (unpaired) electrons. The molecule has 0 saturated carbocycles. The SMILES string of the molecule is COc1ccc(S(N)(=O)=O)cc1C(=O)N[C@@H](C)[C@@H]1CCCO1. The van der Waals surface area contributed by atoms with Crippen molar-refractivity contribution in [3.63, 3.8) is 0 Å². The van der Waals surface area contributed by atoms with Gasteiger partial charge in [0.1, 0.15) is 5.75 Å². The lowest BCUT2D eigenvalue weighted by molar-refractivity contribution is 0.0710. The van der Waals surface area contributed by atoms with E-state index in [0.717, 1.165) is 12.8 Å². The number of rotatable bonds is 5. The van der Waals surface area contributed by atoms with Gasteiger partial charge in [0, 0.05) is 6.61 Å². The number of hydrogen-bond acceptors (Lipinski definition) is 5. The zero-order chi connectivity index (χ0) is 16.3. The van der Waals surface area contributed by atoms with Crippen LogP contribution in [0.1, 0.15) is 30.1 Å². The number of nitrogens with one attached hydrogen (secondary N) is 1. The summed E-state index contributed by atoms with van der Waals surface area (Å²) in [5.74, 6) is -0.144. The second kappa shape index (κ2) is 6.64. The van der Waals surface area contributed by atoms with E-state index in [-0.39, 0.29) is 28.4 Å². The Hall–Kier alpha value is -1.64. The Balaban J connectivity index is 2.23. The maximum absolute atomic E-state index is 12.4. The van der Waals surface area contributed by atoms with Crippen LogP contribution in [-0.4, -0.2) is 40.2 Å². The molecule has 1 aliphatic rings. The van der Waals surface area contributed by atoms with E-state index in [1.165, 1.54) is 25.3 Å². The van der Waals surface area contributed by atoms with Crippen molar-refractivity contribution in [2.75, 3.05) is 13.7 Å². The van der Waals surface area contributed by atoms with Gasteiger partial charge in [-0.15, -0.1) is 0 Å². The number of benzene rings is 1. The van der Waals surface area contributed by atoms with E-state index < -0.39 is 15.9 Å². The van der Waals surface area contributed by atoms with Gasteiger partial charge in [-0.2, -0.15) is 0 Å². The van der Waals surface area contributed by atoms with Crippen molar-refractivity contribution in [3.05, 3.63) is 23.8 Å². The van der Waals surface area contributed by atoms with Crippen LogP contribution < -0.4 is 15.2 Å². The Labute approximate surface area is 129 Å². The number of carbonyl (C=O) groups is 1. The minimum Gasteiger partial charge on any atom is -0.496 e. The first-order valence-corrected chi connectivity index (χ1v) is 8.51. The van der Waals surface area contributed by atoms with Crippen LogP contribution in [-0.2, 0) is 14.8 Å². The fraction of sp³-hybridized carbons (Fsp3) is 0.500. The Morgan fingerprint density at radius 1 is 1.50 bits per heavy atom. The van der Waals surface area contributed by atoms with E-state index in [1.54, 1.807) is 0 Å². The van der Waals surface area contributed by atoms with Crippen molar-refractivity contribution in [2.24, 2.45) is 5.14 Å². The van der Waals surface area contributed by atoms with E-state index in [1.807, 2.05) is 6.92 Å². The minimum absolute atomic E-state index is 0.0311. The molecule has 7 nitrogen and oxygen atoms in total. The lowest BCUT2D eigenvalue weighted by atomic mass is 10.1. The van der Waals surface area contributed by atoms with Crippen LogP contribution in [0, 0.1) is 0 Å². The van der Waals surface area contributed by atoms with Gasteiger partial charge in [-0.1, -0.05) is 0 Å². The molecule has 0 unspecified atom stereocenters. The van der Waals surface area contributed by atoms with Crippen LogP contribution in [0.5, 0.6) is 5.75 Å². The van der Waals surface area contributed by atoms with Crippen molar-refractivity contribution in [3.8, 4) is 5.75 Å². The van der Waals surface area contributed by atoms with Crippen molar-refractivity contribution in [1.82, 2.24) is 5.32 Å². The summed E-state index contributed by atoms with van der Waals surface area (Å²) >= 11 is 0. The summed E-state index contributed by atoms with van der Waals surface area (Å²) in [5, 5.41) is 7.91. The zero-order valence-corrected chi connectivity index (χ0v) is 13.4. The van der Waals surface area contributed by atoms with Gasteiger partial charge in [-0.05, 0) is 38.0 Å². The normalized spacial score (nSPS) is 19.7. The summed E-state index contributed by atoms with van der Waals surface area (Å²) in [7, 11) is -2.48. The smallest absolute Gasteiger partial charge is 0.255 e. The van der Waals surface area contributed by atoms with Crippen molar-refractivity contribution < 1.29 is 22.7 Å². The molecule has 1 aliphatic heterocycles. The first kappa shape index (κ1) is 16.7. The summed E-state index contributed by atoms with van der Waals surface area (Å²) in [6, 6.07) is 3.74. The Morgan fingerprint density at radius 2 is 2.23 bits per heavy atom. The minimum atomic E-state index is -3.89. The molecule has 2 atom stereocenters. The molecule has 3 N–H and O–H groups in total. The first-order valence-electron chi connectivity index (χ1n) is 6.96. The van der Waals surface area contributed by atoms with Crippen LogP contribution in [0.4, 0.5) is 0 Å². The molecular weight excluding hydrogens is 308 g/mol. The fourth-order valence-corrected chi connectivity index (χ4v) is 2.96. The van der Waals surface area contributed by atoms with Crippen LogP contribution in [0.15, 0.2) is 23.1 Å². The number of sulfonamides is 1. The van der Waals surface area contributed by atoms with Crippen LogP contribution in [0.3, 0.4) is 0 Å². The van der Waals surface area contributed by atoms with E-state index in [0.29, 0.717) is 6.61 Å². The first-order chi connectivity index (χ1) is 10.3. The number of hydrogen-bond donors (Lipinski definition) is 2. The summed E-state index contributed by atoms with van der Waals surface area (Å²) in [6.45, 7) is 2.54. The third kappa shape index (κ3) is 3.76. The lowest BCUT2D eigenvalue weighted by Gasteiger charge is -2.20. The highest BCUT2D eigenvalue weighted by Crippen LogP contribution is 2.23. The molecule has 22 heavy (non-hydrogen) atoms. The number of primary sulfonamides is 1. The van der Waals surface area contributed by atoms with Gasteiger partial charge in [-0.3, -0.25) is 4.79 Å². The second-order valence-electron chi connectivity index (χ2n) is 5.22. The average molecular weight is 328 g/mol. The zero-order valence-electron chi connectivity index (χ0n) is 12.5. The Morgan fingerprint density at radius 3 is 2.77 bits per heavy atom. The molecule has 8 heteroatoms. The van der Waals surface area contributed by atoms with Gasteiger partial charge < -0.3 is 14.8 Å². The van der Waals surface area contributed by atoms with Gasteiger partial charge >= 0.3 is 0 Å². The van der Waals surface area contributed by atoms with Gasteiger partial charge in [0.15, 0.2) is 0 Å². The van der Waals surface area contributed by atoms with Crippen LogP contribution in [0.2, 0.25) is 0 Å². The predicted octanol–water partition coefficient (Wildman–Crippen LogP) is 0.640. The molecule has 0 bridgehead atoms. The molecule has 0 aliphatic carbocycles. The summed E-state index contributed by atoms with van der Waals surface area (Å²) < 4.78 is 33.5. The lowest BCUT2D eigenvalue weighted by Crippen LogP contribution is -2.41. The maximum Gasteiger partial charge on any atom is 0.255 e. The van der Waals surface area contributed by atoms with Crippen molar-refractivity contribution in [1.29, 1.82) is 0 Å². The fourth-order valence-electron chi connectivity index (χ4n) is 2.42. The third-order valence-electron chi connectivity index (χ3n) is 3.63. The summed E-state index contributed by atoms with van der Waals surface area (Å²) in [4.78, 5) is 12.3. The number of amides is 1. The molecule has 1 fully saturated rings. The van der Waals surface area contributed by atoms with Gasteiger partial charge in [0.05, 0.1) is 29.7 Å². The molecule has 0 aromatic heterocycles. The van der Waals surface area contributed by atoms with Gasteiger partial charge in [-0.25, -0.2) is 13.6 Å². The van der Waals surface area contributed by atoms with Crippen molar-refractivity contribution in [2.45, 2.75) is 36.8 Å². The molecule has 122 valence electrons. The highest BCUT2D eigenvalue weighted by molar-refractivity contribution is 7.89. The topological polar surface area (TPSA) is 108 Å². The highest BCUT2D eigenvalue weighted by atomic mass is 32.2.